The molecule has 1 atom stereocenters. The van der Waals surface area contributed by atoms with Gasteiger partial charge in [-0.1, -0.05) is 26.7 Å². The Hall–Kier alpha value is -1.65. The lowest BCUT2D eigenvalue weighted by molar-refractivity contribution is 0.0937. The Morgan fingerprint density at radius 1 is 1.19 bits per heavy atom. The molecule has 0 aliphatic heterocycles. The van der Waals surface area contributed by atoms with Crippen molar-refractivity contribution in [2.24, 2.45) is 0 Å². The van der Waals surface area contributed by atoms with Crippen molar-refractivity contribution in [3.8, 4) is 0 Å². The Morgan fingerprint density at radius 3 is 2.33 bits per heavy atom. The van der Waals surface area contributed by atoms with Crippen molar-refractivity contribution in [3.05, 3.63) is 29.3 Å². The minimum atomic E-state index is -0.741. The van der Waals surface area contributed by atoms with E-state index < -0.39 is 17.5 Å². The van der Waals surface area contributed by atoms with E-state index in [-0.39, 0.29) is 17.3 Å². The minimum absolute atomic E-state index is 0.00963. The molecule has 5 heteroatoms. The summed E-state index contributed by atoms with van der Waals surface area (Å²) in [4.78, 5) is 12.0. The highest BCUT2D eigenvalue weighted by atomic mass is 19.1. The van der Waals surface area contributed by atoms with Crippen LogP contribution in [0.1, 0.15) is 56.8 Å². The summed E-state index contributed by atoms with van der Waals surface area (Å²) in [6.45, 7) is 6.34. The van der Waals surface area contributed by atoms with Crippen molar-refractivity contribution >= 4 is 11.6 Å². The molecular formula is C16H24F2N2O. The molecule has 0 heterocycles. The van der Waals surface area contributed by atoms with Crippen molar-refractivity contribution in [2.75, 3.05) is 11.9 Å². The summed E-state index contributed by atoms with van der Waals surface area (Å²) in [5.41, 5.74) is -0.164. The van der Waals surface area contributed by atoms with Crippen molar-refractivity contribution in [2.45, 2.75) is 52.5 Å². The zero-order valence-electron chi connectivity index (χ0n) is 12.9. The number of hydrogen-bond acceptors (Lipinski definition) is 2. The maximum absolute atomic E-state index is 13.9. The molecule has 1 rings (SSSR count). The molecule has 0 aliphatic rings. The van der Waals surface area contributed by atoms with Gasteiger partial charge in [0, 0.05) is 18.2 Å². The van der Waals surface area contributed by atoms with Gasteiger partial charge in [0.25, 0.3) is 5.91 Å². The summed E-state index contributed by atoms with van der Waals surface area (Å²) in [5.74, 6) is -1.93. The number of unbranched alkanes of at least 4 members (excludes halogenated alkanes) is 1. The number of hydrogen-bond donors (Lipinski definition) is 2. The molecule has 118 valence electrons. The lowest BCUT2D eigenvalue weighted by atomic mass is 10.1. The Bertz CT molecular complexity index is 454. The summed E-state index contributed by atoms with van der Waals surface area (Å²) in [6, 6.07) is 2.13. The van der Waals surface area contributed by atoms with E-state index in [4.69, 9.17) is 0 Å². The Balaban J connectivity index is 2.77. The van der Waals surface area contributed by atoms with E-state index in [1.165, 1.54) is 0 Å². The molecule has 0 spiro atoms. The van der Waals surface area contributed by atoms with E-state index in [1.54, 1.807) is 0 Å². The molecule has 0 fully saturated rings. The smallest absolute Gasteiger partial charge is 0.251 e. The lowest BCUT2D eigenvalue weighted by Crippen LogP contribution is -2.32. The summed E-state index contributed by atoms with van der Waals surface area (Å²) >= 11 is 0. The minimum Gasteiger partial charge on any atom is -0.380 e. The van der Waals surface area contributed by atoms with Gasteiger partial charge in [0.1, 0.15) is 17.3 Å². The van der Waals surface area contributed by atoms with E-state index in [1.807, 2.05) is 13.8 Å². The SMILES string of the molecule is CCCCC(C)NC(=O)c1cc(F)c(NCCC)c(F)c1. The van der Waals surface area contributed by atoms with Crippen LogP contribution in [-0.4, -0.2) is 18.5 Å². The largest absolute Gasteiger partial charge is 0.380 e. The number of carbonyl (C=O) groups is 1. The van der Waals surface area contributed by atoms with E-state index >= 15 is 0 Å². The average Bonchev–Trinajstić information content (AvgIpc) is 2.44. The maximum Gasteiger partial charge on any atom is 0.251 e. The van der Waals surface area contributed by atoms with Crippen molar-refractivity contribution in [1.82, 2.24) is 5.32 Å². The molecule has 1 aromatic rings. The normalized spacial score (nSPS) is 12.0. The van der Waals surface area contributed by atoms with Crippen LogP contribution in [0.15, 0.2) is 12.1 Å². The van der Waals surface area contributed by atoms with Crippen LogP contribution in [0.3, 0.4) is 0 Å². The first-order valence-electron chi connectivity index (χ1n) is 7.53. The highest BCUT2D eigenvalue weighted by Crippen LogP contribution is 2.21. The number of halogens is 2. The number of nitrogens with one attached hydrogen (secondary N) is 2. The van der Waals surface area contributed by atoms with Gasteiger partial charge in [-0.3, -0.25) is 4.79 Å². The van der Waals surface area contributed by atoms with Crippen LogP contribution < -0.4 is 10.6 Å². The second kappa shape index (κ2) is 8.60. The van der Waals surface area contributed by atoms with E-state index in [0.29, 0.717) is 6.54 Å². The van der Waals surface area contributed by atoms with Gasteiger partial charge in [-0.2, -0.15) is 0 Å². The molecule has 0 saturated carbocycles. The summed E-state index contributed by atoms with van der Waals surface area (Å²) in [5, 5.41) is 5.44. The third kappa shape index (κ3) is 5.33. The molecule has 0 bridgehead atoms. The number of benzene rings is 1. The second-order valence-corrected chi connectivity index (χ2v) is 5.26. The number of rotatable bonds is 8. The molecular weight excluding hydrogens is 274 g/mol. The van der Waals surface area contributed by atoms with Crippen LogP contribution in [0, 0.1) is 11.6 Å². The van der Waals surface area contributed by atoms with Crippen LogP contribution in [0.4, 0.5) is 14.5 Å². The highest BCUT2D eigenvalue weighted by Gasteiger charge is 2.16. The zero-order chi connectivity index (χ0) is 15.8. The van der Waals surface area contributed by atoms with Crippen molar-refractivity contribution in [3.63, 3.8) is 0 Å². The molecule has 2 N–H and O–H groups in total. The Labute approximate surface area is 125 Å². The molecule has 0 radical (unpaired) electrons. The first-order chi connectivity index (χ1) is 9.99. The molecule has 1 aromatic carbocycles. The summed E-state index contributed by atoms with van der Waals surface area (Å²) < 4.78 is 27.7. The van der Waals surface area contributed by atoms with Crippen LogP contribution >= 0.6 is 0 Å². The topological polar surface area (TPSA) is 41.1 Å². The number of anilines is 1. The summed E-state index contributed by atoms with van der Waals surface area (Å²) in [6.07, 6.45) is 3.66. The first-order valence-corrected chi connectivity index (χ1v) is 7.53. The third-order valence-electron chi connectivity index (χ3n) is 3.22. The maximum atomic E-state index is 13.9. The predicted molar refractivity (Wildman–Crippen MR) is 81.6 cm³/mol. The quantitative estimate of drug-likeness (QED) is 0.759. The number of carbonyl (C=O) groups excluding carboxylic acids is 1. The molecule has 0 aromatic heterocycles. The van der Waals surface area contributed by atoms with Gasteiger partial charge < -0.3 is 10.6 Å². The zero-order valence-corrected chi connectivity index (χ0v) is 12.9. The van der Waals surface area contributed by atoms with Gasteiger partial charge in [0.15, 0.2) is 0 Å². The van der Waals surface area contributed by atoms with Gasteiger partial charge in [-0.15, -0.1) is 0 Å². The number of amides is 1. The van der Waals surface area contributed by atoms with E-state index in [9.17, 15) is 13.6 Å². The molecule has 1 amide bonds. The Morgan fingerprint density at radius 2 is 1.81 bits per heavy atom. The van der Waals surface area contributed by atoms with Gasteiger partial charge in [-0.25, -0.2) is 8.78 Å². The lowest BCUT2D eigenvalue weighted by Gasteiger charge is -2.14. The average molecular weight is 298 g/mol. The van der Waals surface area contributed by atoms with Crippen LogP contribution in [-0.2, 0) is 0 Å². The van der Waals surface area contributed by atoms with Crippen LogP contribution in [0.2, 0.25) is 0 Å². The van der Waals surface area contributed by atoms with Crippen molar-refractivity contribution < 1.29 is 13.6 Å². The van der Waals surface area contributed by atoms with E-state index in [2.05, 4.69) is 17.6 Å². The molecule has 0 aliphatic carbocycles. The Kier molecular flexibility index (Phi) is 7.12. The standard InChI is InChI=1S/C16H24F2N2O/c1-4-6-7-11(3)20-16(21)12-9-13(17)15(14(18)10-12)19-8-5-2/h9-11,19H,4-8H2,1-3H3,(H,20,21). The van der Waals surface area contributed by atoms with E-state index in [0.717, 1.165) is 37.8 Å². The monoisotopic (exact) mass is 298 g/mol. The summed E-state index contributed by atoms with van der Waals surface area (Å²) in [7, 11) is 0. The molecule has 1 unspecified atom stereocenters. The fourth-order valence-corrected chi connectivity index (χ4v) is 2.01. The van der Waals surface area contributed by atoms with Gasteiger partial charge in [0.2, 0.25) is 0 Å². The molecule has 3 nitrogen and oxygen atoms in total. The molecule has 21 heavy (non-hydrogen) atoms. The fourth-order valence-electron chi connectivity index (χ4n) is 2.01. The fraction of sp³-hybridized carbons (Fsp3) is 0.562. The second-order valence-electron chi connectivity index (χ2n) is 5.26. The first kappa shape index (κ1) is 17.4. The van der Waals surface area contributed by atoms with Crippen LogP contribution in [0.5, 0.6) is 0 Å². The molecule has 0 saturated heterocycles. The van der Waals surface area contributed by atoms with Gasteiger partial charge in [0.05, 0.1) is 0 Å². The highest BCUT2D eigenvalue weighted by molar-refractivity contribution is 5.94. The van der Waals surface area contributed by atoms with Gasteiger partial charge >= 0.3 is 0 Å². The van der Waals surface area contributed by atoms with Gasteiger partial charge in [-0.05, 0) is 31.9 Å². The third-order valence-corrected chi connectivity index (χ3v) is 3.22. The predicted octanol–water partition coefficient (Wildman–Crippen LogP) is 4.10. The van der Waals surface area contributed by atoms with Crippen molar-refractivity contribution in [1.29, 1.82) is 0 Å². The van der Waals surface area contributed by atoms with Crippen LogP contribution in [0.25, 0.3) is 0 Å².